The number of aromatic nitrogens is 2. The summed E-state index contributed by atoms with van der Waals surface area (Å²) >= 11 is 3.57. The molecule has 1 aromatic heterocycles. The van der Waals surface area contributed by atoms with Crippen LogP contribution in [0.25, 0.3) is 10.9 Å². The van der Waals surface area contributed by atoms with E-state index in [0.29, 0.717) is 0 Å². The number of nitrogens with two attached hydrogens (primary N) is 1. The van der Waals surface area contributed by atoms with Crippen molar-refractivity contribution >= 4 is 40.1 Å². The van der Waals surface area contributed by atoms with Gasteiger partial charge in [-0.05, 0) is 36.8 Å². The van der Waals surface area contributed by atoms with Gasteiger partial charge in [0.1, 0.15) is 5.03 Å². The number of hydrogen-bond donors (Lipinski definition) is 1. The Labute approximate surface area is 135 Å². The highest BCUT2D eigenvalue weighted by atomic mass is 32.2. The Morgan fingerprint density at radius 3 is 2.43 bits per heavy atom. The normalized spacial score (nSPS) is 11.1. The van der Waals surface area contributed by atoms with Crippen molar-refractivity contribution in [3.8, 4) is 0 Å². The number of unbranched alkanes of at least 4 members (excludes halogenated alkanes) is 2. The van der Waals surface area contributed by atoms with E-state index in [4.69, 9.17) is 10.7 Å². The standard InChI is InChI=1S/C16H23N3S2/c1-3-5-9-20-15-13-11-12(17)7-8-14(13)18-16(19-15)21-10-6-4-2/h7-8,11H,3-6,9-10,17H2,1-2H3. The fourth-order valence-electron chi connectivity index (χ4n) is 1.89. The van der Waals surface area contributed by atoms with Gasteiger partial charge in [0.15, 0.2) is 5.16 Å². The third-order valence-corrected chi connectivity index (χ3v) is 5.14. The zero-order valence-electron chi connectivity index (χ0n) is 12.8. The molecule has 0 bridgehead atoms. The van der Waals surface area contributed by atoms with Crippen LogP contribution in [-0.4, -0.2) is 21.5 Å². The van der Waals surface area contributed by atoms with Crippen LogP contribution in [0, 0.1) is 0 Å². The van der Waals surface area contributed by atoms with Crippen LogP contribution < -0.4 is 5.73 Å². The third kappa shape index (κ3) is 4.78. The summed E-state index contributed by atoms with van der Waals surface area (Å²) in [5.41, 5.74) is 7.68. The molecule has 21 heavy (non-hydrogen) atoms. The lowest BCUT2D eigenvalue weighted by Crippen LogP contribution is -1.95. The van der Waals surface area contributed by atoms with Crippen molar-refractivity contribution in [3.63, 3.8) is 0 Å². The minimum absolute atomic E-state index is 0.773. The lowest BCUT2D eigenvalue weighted by Gasteiger charge is -2.08. The Morgan fingerprint density at radius 1 is 1.00 bits per heavy atom. The van der Waals surface area contributed by atoms with Gasteiger partial charge in [-0.15, -0.1) is 11.8 Å². The quantitative estimate of drug-likeness (QED) is 0.244. The third-order valence-electron chi connectivity index (χ3n) is 3.13. The van der Waals surface area contributed by atoms with Crippen LogP contribution in [-0.2, 0) is 0 Å². The topological polar surface area (TPSA) is 51.8 Å². The van der Waals surface area contributed by atoms with Gasteiger partial charge in [-0.2, -0.15) is 0 Å². The molecule has 0 fully saturated rings. The first-order valence-electron chi connectivity index (χ1n) is 7.57. The van der Waals surface area contributed by atoms with Crippen LogP contribution >= 0.6 is 23.5 Å². The van der Waals surface area contributed by atoms with Gasteiger partial charge in [-0.3, -0.25) is 0 Å². The van der Waals surface area contributed by atoms with E-state index in [2.05, 4.69) is 18.8 Å². The average molecular weight is 322 g/mol. The fourth-order valence-corrected chi connectivity index (χ4v) is 3.98. The molecule has 0 unspecified atom stereocenters. The fraction of sp³-hybridized carbons (Fsp3) is 0.500. The number of rotatable bonds is 8. The van der Waals surface area contributed by atoms with Crippen molar-refractivity contribution in [1.82, 2.24) is 9.97 Å². The van der Waals surface area contributed by atoms with Gasteiger partial charge in [-0.25, -0.2) is 9.97 Å². The monoisotopic (exact) mass is 321 g/mol. The highest BCUT2D eigenvalue weighted by molar-refractivity contribution is 7.99. The molecule has 5 heteroatoms. The second-order valence-corrected chi connectivity index (χ2v) is 7.14. The van der Waals surface area contributed by atoms with E-state index >= 15 is 0 Å². The Bertz CT molecular complexity index is 587. The van der Waals surface area contributed by atoms with Crippen molar-refractivity contribution in [2.24, 2.45) is 0 Å². The number of anilines is 1. The van der Waals surface area contributed by atoms with Crippen molar-refractivity contribution in [3.05, 3.63) is 18.2 Å². The molecule has 2 aromatic rings. The molecule has 114 valence electrons. The van der Waals surface area contributed by atoms with Crippen LogP contribution in [0.1, 0.15) is 39.5 Å². The van der Waals surface area contributed by atoms with Gasteiger partial charge in [-0.1, -0.05) is 38.5 Å². The maximum Gasteiger partial charge on any atom is 0.189 e. The van der Waals surface area contributed by atoms with Crippen LogP contribution in [0.5, 0.6) is 0 Å². The second kappa shape index (κ2) is 8.49. The summed E-state index contributed by atoms with van der Waals surface area (Å²) in [6, 6.07) is 5.90. The van der Waals surface area contributed by atoms with Crippen molar-refractivity contribution < 1.29 is 0 Å². The SMILES string of the molecule is CCCCSc1nc(SCCCC)c2cc(N)ccc2n1. The minimum Gasteiger partial charge on any atom is -0.399 e. The Hall–Kier alpha value is -0.940. The van der Waals surface area contributed by atoms with Gasteiger partial charge < -0.3 is 5.73 Å². The molecule has 0 spiro atoms. The summed E-state index contributed by atoms with van der Waals surface area (Å²) in [4.78, 5) is 9.40. The molecule has 0 amide bonds. The van der Waals surface area contributed by atoms with Crippen molar-refractivity contribution in [2.75, 3.05) is 17.2 Å². The van der Waals surface area contributed by atoms with Crippen LogP contribution in [0.4, 0.5) is 5.69 Å². The van der Waals surface area contributed by atoms with Crippen molar-refractivity contribution in [1.29, 1.82) is 0 Å². The number of thioether (sulfide) groups is 2. The first kappa shape index (κ1) is 16.4. The van der Waals surface area contributed by atoms with Crippen LogP contribution in [0.3, 0.4) is 0 Å². The largest absolute Gasteiger partial charge is 0.399 e. The number of nitrogens with zero attached hydrogens (tertiary/aromatic N) is 2. The van der Waals surface area contributed by atoms with Gasteiger partial charge >= 0.3 is 0 Å². The maximum absolute atomic E-state index is 5.91. The predicted octanol–water partition coefficient (Wildman–Crippen LogP) is 5.00. The van der Waals surface area contributed by atoms with Gasteiger partial charge in [0.25, 0.3) is 0 Å². The molecule has 1 heterocycles. The molecule has 3 nitrogen and oxygen atoms in total. The van der Waals surface area contributed by atoms with Crippen LogP contribution in [0.2, 0.25) is 0 Å². The van der Waals surface area contributed by atoms with Crippen LogP contribution in [0.15, 0.2) is 28.4 Å². The highest BCUT2D eigenvalue weighted by Gasteiger charge is 2.09. The number of hydrogen-bond acceptors (Lipinski definition) is 5. The number of fused-ring (bicyclic) bond motifs is 1. The molecular formula is C16H23N3S2. The van der Waals surface area contributed by atoms with Gasteiger partial charge in [0, 0.05) is 16.8 Å². The molecule has 0 atom stereocenters. The van der Waals surface area contributed by atoms with Gasteiger partial charge in [0.2, 0.25) is 0 Å². The van der Waals surface area contributed by atoms with E-state index in [-0.39, 0.29) is 0 Å². The van der Waals surface area contributed by atoms with E-state index in [1.54, 1.807) is 11.8 Å². The highest BCUT2D eigenvalue weighted by Crippen LogP contribution is 2.30. The Morgan fingerprint density at radius 2 is 1.71 bits per heavy atom. The van der Waals surface area contributed by atoms with E-state index in [1.807, 2.05) is 30.0 Å². The summed E-state index contributed by atoms with van der Waals surface area (Å²) in [5, 5.41) is 3.04. The number of benzene rings is 1. The zero-order chi connectivity index (χ0) is 15.1. The molecule has 0 aliphatic heterocycles. The molecule has 2 rings (SSSR count). The molecule has 1 aromatic carbocycles. The predicted molar refractivity (Wildman–Crippen MR) is 95.2 cm³/mol. The van der Waals surface area contributed by atoms with Gasteiger partial charge in [0.05, 0.1) is 5.52 Å². The smallest absolute Gasteiger partial charge is 0.189 e. The Kier molecular flexibility index (Phi) is 6.64. The molecular weight excluding hydrogens is 298 g/mol. The van der Waals surface area contributed by atoms with E-state index < -0.39 is 0 Å². The molecule has 0 saturated carbocycles. The lowest BCUT2D eigenvalue weighted by atomic mass is 10.2. The summed E-state index contributed by atoms with van der Waals surface area (Å²) in [6.45, 7) is 4.42. The summed E-state index contributed by atoms with van der Waals surface area (Å²) in [5.74, 6) is 2.17. The minimum atomic E-state index is 0.773. The molecule has 0 aliphatic rings. The summed E-state index contributed by atoms with van der Waals surface area (Å²) in [7, 11) is 0. The first-order valence-corrected chi connectivity index (χ1v) is 9.54. The Balaban J connectivity index is 2.28. The maximum atomic E-state index is 5.91. The van der Waals surface area contributed by atoms with E-state index in [9.17, 15) is 0 Å². The number of nitrogen functional groups attached to an aromatic ring is 1. The molecule has 0 aliphatic carbocycles. The zero-order valence-corrected chi connectivity index (χ0v) is 14.4. The summed E-state index contributed by atoms with van der Waals surface area (Å²) < 4.78 is 0. The van der Waals surface area contributed by atoms with Crippen molar-refractivity contribution in [2.45, 2.75) is 49.7 Å². The lowest BCUT2D eigenvalue weighted by molar-refractivity contribution is 0.878. The summed E-state index contributed by atoms with van der Waals surface area (Å²) in [6.07, 6.45) is 4.81. The second-order valence-electron chi connectivity index (χ2n) is 4.99. The first-order chi connectivity index (χ1) is 10.2. The molecule has 2 N–H and O–H groups in total. The molecule has 0 radical (unpaired) electrons. The van der Waals surface area contributed by atoms with E-state index in [0.717, 1.165) is 38.3 Å². The molecule has 0 saturated heterocycles. The average Bonchev–Trinajstić information content (AvgIpc) is 2.48. The van der Waals surface area contributed by atoms with E-state index in [1.165, 1.54) is 25.7 Å².